The maximum atomic E-state index is 6.78. The van der Waals surface area contributed by atoms with Crippen LogP contribution in [0.3, 0.4) is 0 Å². The first-order chi connectivity index (χ1) is 24.2. The van der Waals surface area contributed by atoms with Crippen LogP contribution in [0.2, 0.25) is 0 Å². The molecule has 3 aromatic carbocycles. The summed E-state index contributed by atoms with van der Waals surface area (Å²) in [5, 5.41) is 7.57. The number of hydrogen-bond donors (Lipinski definition) is 0. The average Bonchev–Trinajstić information content (AvgIpc) is 3.56. The second-order valence-electron chi connectivity index (χ2n) is 16.7. The van der Waals surface area contributed by atoms with Crippen LogP contribution in [0.4, 0.5) is 0 Å². The molecule has 0 saturated carbocycles. The quantitative estimate of drug-likeness (QED) is 0.158. The molecular weight excluding hydrogens is 625 g/mol. The van der Waals surface area contributed by atoms with Crippen LogP contribution in [0.25, 0.3) is 33.3 Å². The number of para-hydroxylation sites is 1. The molecule has 3 atom stereocenters. The Morgan fingerprint density at radius 1 is 0.784 bits per heavy atom. The van der Waals surface area contributed by atoms with Crippen LogP contribution in [0, 0.1) is 31.1 Å². The normalized spacial score (nSPS) is 18.3. The van der Waals surface area contributed by atoms with E-state index in [0.717, 1.165) is 39.7 Å². The van der Waals surface area contributed by atoms with Gasteiger partial charge in [-0.2, -0.15) is 5.10 Å². The number of fused-ring (bicyclic) bond motifs is 3. The zero-order chi connectivity index (χ0) is 36.4. The maximum Gasteiger partial charge on any atom is 0.137 e. The molecule has 0 radical (unpaired) electrons. The number of aromatic nitrogens is 4. The van der Waals surface area contributed by atoms with Crippen molar-refractivity contribution in [3.05, 3.63) is 119 Å². The summed E-state index contributed by atoms with van der Waals surface area (Å²) in [6, 6.07) is 25.9. The van der Waals surface area contributed by atoms with Crippen molar-refractivity contribution < 1.29 is 4.74 Å². The number of pyridine rings is 1. The van der Waals surface area contributed by atoms with Gasteiger partial charge < -0.3 is 4.74 Å². The molecule has 3 aromatic heterocycles. The van der Waals surface area contributed by atoms with Crippen molar-refractivity contribution in [2.75, 3.05) is 0 Å². The second kappa shape index (κ2) is 13.2. The molecule has 0 saturated heterocycles. The summed E-state index contributed by atoms with van der Waals surface area (Å²) < 4.78 is 11.2. The summed E-state index contributed by atoms with van der Waals surface area (Å²) in [5.74, 6) is 4.75. The molecular formula is C46H54N4O. The van der Waals surface area contributed by atoms with E-state index in [1.807, 2.05) is 6.20 Å². The number of aryl methyl sites for hydroxylation is 1. The van der Waals surface area contributed by atoms with Crippen molar-refractivity contribution in [1.82, 2.24) is 19.3 Å². The average molecular weight is 679 g/mol. The first-order valence-electron chi connectivity index (χ1n) is 18.8. The van der Waals surface area contributed by atoms with Gasteiger partial charge in [-0.25, -0.2) is 9.67 Å². The Morgan fingerprint density at radius 2 is 1.51 bits per heavy atom. The van der Waals surface area contributed by atoms with E-state index < -0.39 is 0 Å². The molecule has 0 spiro atoms. The standard InChI is InChI=1S/C46H54N4O/c1-27(2)33-18-19-47-43(24-33)49-41-15-13-12-14-39(41)40-17-16-37(26-42(40)49)51-38-23-34(28(3)4)22-36(25-38)50-32(8)45(31(7)48-50)44-29(5)20-35(21-30(44)6)46(9,10)11/h12-20,22-28,30,35,44H,21H2,1-11H3/t30-,35-,44?/m0/s1. The Balaban J connectivity index is 1.30. The molecule has 1 aliphatic carbocycles. The molecule has 7 rings (SSSR count). The summed E-state index contributed by atoms with van der Waals surface area (Å²) >= 11 is 0. The Bertz CT molecular complexity index is 2270. The van der Waals surface area contributed by atoms with Gasteiger partial charge in [0, 0.05) is 46.3 Å². The van der Waals surface area contributed by atoms with Crippen LogP contribution < -0.4 is 4.74 Å². The lowest BCUT2D eigenvalue weighted by atomic mass is 9.65. The van der Waals surface area contributed by atoms with E-state index in [4.69, 9.17) is 14.8 Å². The van der Waals surface area contributed by atoms with Gasteiger partial charge in [-0.15, -0.1) is 0 Å². The Morgan fingerprint density at radius 3 is 2.22 bits per heavy atom. The van der Waals surface area contributed by atoms with Gasteiger partial charge in [-0.3, -0.25) is 4.57 Å². The zero-order valence-corrected chi connectivity index (χ0v) is 32.4. The van der Waals surface area contributed by atoms with Gasteiger partial charge >= 0.3 is 0 Å². The molecule has 3 heterocycles. The number of hydrogen-bond acceptors (Lipinski definition) is 3. The molecule has 6 aromatic rings. The van der Waals surface area contributed by atoms with Crippen LogP contribution in [0.15, 0.2) is 90.6 Å². The van der Waals surface area contributed by atoms with Crippen LogP contribution in [0.1, 0.15) is 115 Å². The van der Waals surface area contributed by atoms with Gasteiger partial charge in [0.15, 0.2) is 0 Å². The number of ether oxygens (including phenoxy) is 1. The van der Waals surface area contributed by atoms with Crippen LogP contribution in [-0.4, -0.2) is 19.3 Å². The first kappa shape index (κ1) is 34.8. The van der Waals surface area contributed by atoms with Crippen molar-refractivity contribution in [2.45, 2.75) is 100 Å². The van der Waals surface area contributed by atoms with Crippen molar-refractivity contribution in [1.29, 1.82) is 0 Å². The minimum atomic E-state index is 0.263. The lowest BCUT2D eigenvalue weighted by molar-refractivity contribution is 0.224. The van der Waals surface area contributed by atoms with Gasteiger partial charge in [0.25, 0.3) is 0 Å². The zero-order valence-electron chi connectivity index (χ0n) is 32.4. The summed E-state index contributed by atoms with van der Waals surface area (Å²) in [6.07, 6.45) is 5.66. The molecule has 0 bridgehead atoms. The predicted molar refractivity (Wildman–Crippen MR) is 213 cm³/mol. The molecule has 1 unspecified atom stereocenters. The van der Waals surface area contributed by atoms with Gasteiger partial charge in [0.2, 0.25) is 0 Å². The predicted octanol–water partition coefficient (Wildman–Crippen LogP) is 12.8. The van der Waals surface area contributed by atoms with E-state index in [2.05, 4.69) is 164 Å². The highest BCUT2D eigenvalue weighted by Gasteiger charge is 2.36. The number of benzene rings is 3. The summed E-state index contributed by atoms with van der Waals surface area (Å²) in [4.78, 5) is 4.84. The van der Waals surface area contributed by atoms with Crippen molar-refractivity contribution in [2.24, 2.45) is 17.3 Å². The lowest BCUT2D eigenvalue weighted by Gasteiger charge is -2.39. The van der Waals surface area contributed by atoms with Gasteiger partial charge in [-0.05, 0) is 110 Å². The fraction of sp³-hybridized carbons (Fsp3) is 0.391. The Kier molecular flexibility index (Phi) is 8.98. The first-order valence-corrected chi connectivity index (χ1v) is 18.8. The third-order valence-electron chi connectivity index (χ3n) is 11.3. The van der Waals surface area contributed by atoms with Crippen molar-refractivity contribution in [3.8, 4) is 23.0 Å². The van der Waals surface area contributed by atoms with E-state index in [9.17, 15) is 0 Å². The highest BCUT2D eigenvalue weighted by Crippen LogP contribution is 2.47. The molecule has 0 N–H and O–H groups in total. The van der Waals surface area contributed by atoms with Crippen LogP contribution in [-0.2, 0) is 0 Å². The molecule has 5 heteroatoms. The molecule has 0 amide bonds. The smallest absolute Gasteiger partial charge is 0.137 e. The highest BCUT2D eigenvalue weighted by atomic mass is 16.5. The fourth-order valence-corrected chi connectivity index (χ4v) is 8.38. The summed E-state index contributed by atoms with van der Waals surface area (Å²) in [6.45, 7) is 25.2. The van der Waals surface area contributed by atoms with Gasteiger partial charge in [0.1, 0.15) is 17.3 Å². The summed E-state index contributed by atoms with van der Waals surface area (Å²) in [5.41, 5.74) is 11.1. The SMILES string of the molecule is CC1=C[C@H](C(C)(C)C)C[C@H](C)C1c1c(C)nn(-c2cc(Oc3ccc4c5ccccc5n(-c5cc(C(C)C)ccn5)c4c3)cc(C(C)C)c2)c1C. The third-order valence-corrected chi connectivity index (χ3v) is 11.3. The topological polar surface area (TPSA) is 44.9 Å². The van der Waals surface area contributed by atoms with Gasteiger partial charge in [0.05, 0.1) is 22.4 Å². The van der Waals surface area contributed by atoms with E-state index in [1.54, 1.807) is 0 Å². The molecule has 51 heavy (non-hydrogen) atoms. The largest absolute Gasteiger partial charge is 0.457 e. The van der Waals surface area contributed by atoms with E-state index in [0.29, 0.717) is 29.6 Å². The van der Waals surface area contributed by atoms with Gasteiger partial charge in [-0.1, -0.05) is 85.2 Å². The number of allylic oxidation sites excluding steroid dienone is 2. The van der Waals surface area contributed by atoms with E-state index >= 15 is 0 Å². The lowest BCUT2D eigenvalue weighted by Crippen LogP contribution is -2.28. The van der Waals surface area contributed by atoms with E-state index in [-0.39, 0.29) is 5.41 Å². The molecule has 1 aliphatic rings. The van der Waals surface area contributed by atoms with Crippen molar-refractivity contribution in [3.63, 3.8) is 0 Å². The Labute approximate surface area is 304 Å². The second-order valence-corrected chi connectivity index (χ2v) is 16.7. The highest BCUT2D eigenvalue weighted by molar-refractivity contribution is 6.09. The molecule has 0 fully saturated rings. The van der Waals surface area contributed by atoms with Crippen LogP contribution in [0.5, 0.6) is 11.5 Å². The van der Waals surface area contributed by atoms with Crippen molar-refractivity contribution >= 4 is 21.8 Å². The Hall–Kier alpha value is -4.64. The number of rotatable bonds is 7. The third kappa shape index (κ3) is 6.41. The minimum absolute atomic E-state index is 0.263. The monoisotopic (exact) mass is 678 g/mol. The molecule has 264 valence electrons. The fourth-order valence-electron chi connectivity index (χ4n) is 8.38. The maximum absolute atomic E-state index is 6.78. The summed E-state index contributed by atoms with van der Waals surface area (Å²) in [7, 11) is 0. The van der Waals surface area contributed by atoms with E-state index in [1.165, 1.54) is 45.2 Å². The van der Waals surface area contributed by atoms with Crippen LogP contribution >= 0.6 is 0 Å². The number of nitrogens with zero attached hydrogens (tertiary/aromatic N) is 4. The molecule has 5 nitrogen and oxygen atoms in total. The minimum Gasteiger partial charge on any atom is -0.457 e. The molecule has 0 aliphatic heterocycles.